The monoisotopic (exact) mass is 196 g/mol. The van der Waals surface area contributed by atoms with Crippen molar-refractivity contribution in [1.29, 1.82) is 0 Å². The van der Waals surface area contributed by atoms with E-state index in [4.69, 9.17) is 5.11 Å². The zero-order chi connectivity index (χ0) is 9.90. The molecule has 2 heteroatoms. The molecule has 0 aliphatic heterocycles. The molecular weight excluding hydrogens is 176 g/mol. The Hall–Kier alpha value is -0.263. The lowest BCUT2D eigenvalue weighted by Gasteiger charge is -2.22. The molecule has 0 aromatic heterocycles. The molecule has 0 aromatic carbocycles. The normalized spacial score (nSPS) is 20.9. The van der Waals surface area contributed by atoms with Crippen LogP contribution >= 0.6 is 0 Å². The predicted octanol–water partition coefficient (Wildman–Crippen LogP) is 2.56. The van der Waals surface area contributed by atoms with E-state index in [1.165, 1.54) is 25.7 Å². The summed E-state index contributed by atoms with van der Waals surface area (Å²) < 4.78 is 0. The Kier molecular flexibility index (Phi) is 3.58. The Balaban J connectivity index is 2.60. The summed E-state index contributed by atoms with van der Waals surface area (Å²) in [4.78, 5) is 0. The molecule has 1 unspecified atom stereocenters. The smallest absolute Gasteiger partial charge is 0.135 e. The Bertz CT molecular complexity index is 216. The first-order valence-electron chi connectivity index (χ1n) is 5.23. The van der Waals surface area contributed by atoms with Crippen LogP contribution in [0.2, 0.25) is 18.6 Å². The van der Waals surface area contributed by atoms with Gasteiger partial charge >= 0.3 is 0 Å². The molecule has 0 amide bonds. The van der Waals surface area contributed by atoms with Gasteiger partial charge in [-0.05, 0) is 12.5 Å². The van der Waals surface area contributed by atoms with Crippen LogP contribution in [-0.4, -0.2) is 19.3 Å². The highest BCUT2D eigenvalue weighted by Crippen LogP contribution is 2.37. The molecule has 1 rings (SSSR count). The van der Waals surface area contributed by atoms with Crippen LogP contribution in [-0.2, 0) is 0 Å². The summed E-state index contributed by atoms with van der Waals surface area (Å²) >= 11 is 0. The highest BCUT2D eigenvalue weighted by molar-refractivity contribution is 6.86. The molecule has 1 fully saturated rings. The van der Waals surface area contributed by atoms with Gasteiger partial charge in [-0.3, -0.25) is 0 Å². The van der Waals surface area contributed by atoms with E-state index in [0.29, 0.717) is 0 Å². The van der Waals surface area contributed by atoms with E-state index in [-0.39, 0.29) is 0 Å². The van der Waals surface area contributed by atoms with Gasteiger partial charge < -0.3 is 5.11 Å². The van der Waals surface area contributed by atoms with E-state index in [0.717, 1.165) is 5.54 Å². The van der Waals surface area contributed by atoms with E-state index in [9.17, 15) is 0 Å². The average molecular weight is 196 g/mol. The number of aliphatic hydroxyl groups excluding tert-OH is 1. The molecule has 1 aliphatic rings. The van der Waals surface area contributed by atoms with Gasteiger partial charge in [0.15, 0.2) is 0 Å². The molecule has 74 valence electrons. The molecule has 1 saturated carbocycles. The third-order valence-electron chi connectivity index (χ3n) is 2.98. The minimum atomic E-state index is -1.35. The van der Waals surface area contributed by atoms with Gasteiger partial charge in [0, 0.05) is 0 Å². The van der Waals surface area contributed by atoms with Crippen LogP contribution in [0.5, 0.6) is 0 Å². The van der Waals surface area contributed by atoms with Crippen LogP contribution in [0, 0.1) is 11.5 Å². The van der Waals surface area contributed by atoms with E-state index in [2.05, 4.69) is 24.6 Å². The Morgan fingerprint density at radius 2 is 1.85 bits per heavy atom. The number of rotatable bonds is 1. The second kappa shape index (κ2) is 4.30. The summed E-state index contributed by atoms with van der Waals surface area (Å²) in [6.07, 6.45) is 5.06. The van der Waals surface area contributed by atoms with Gasteiger partial charge in [0.25, 0.3) is 0 Å². The maximum absolute atomic E-state index is 9.11. The van der Waals surface area contributed by atoms with Crippen LogP contribution < -0.4 is 0 Å². The van der Waals surface area contributed by atoms with Crippen molar-refractivity contribution in [2.24, 2.45) is 0 Å². The van der Waals surface area contributed by atoms with Gasteiger partial charge in [-0.25, -0.2) is 0 Å². The maximum atomic E-state index is 9.11. The summed E-state index contributed by atoms with van der Waals surface area (Å²) in [6.45, 7) is 6.41. The minimum absolute atomic E-state index is 0.451. The van der Waals surface area contributed by atoms with Gasteiger partial charge in [-0.1, -0.05) is 44.7 Å². The lowest BCUT2D eigenvalue weighted by atomic mass is 10.4. The third-order valence-corrected chi connectivity index (χ3v) is 6.39. The highest BCUT2D eigenvalue weighted by Gasteiger charge is 2.32. The summed E-state index contributed by atoms with van der Waals surface area (Å²) in [5, 5.41) is 9.11. The Morgan fingerprint density at radius 1 is 1.31 bits per heavy atom. The second-order valence-corrected chi connectivity index (χ2v) is 9.16. The number of hydrogen-bond acceptors (Lipinski definition) is 1. The predicted molar refractivity (Wildman–Crippen MR) is 59.2 cm³/mol. The quantitative estimate of drug-likeness (QED) is 0.505. The average Bonchev–Trinajstić information content (AvgIpc) is 2.53. The van der Waals surface area contributed by atoms with Gasteiger partial charge in [0.05, 0.1) is 0 Å². The topological polar surface area (TPSA) is 20.2 Å². The maximum Gasteiger partial charge on any atom is 0.135 e. The van der Waals surface area contributed by atoms with Crippen molar-refractivity contribution in [1.82, 2.24) is 0 Å². The third kappa shape index (κ3) is 3.17. The second-order valence-electron chi connectivity index (χ2n) is 4.65. The van der Waals surface area contributed by atoms with E-state index < -0.39 is 14.2 Å². The SMILES string of the molecule is CC(O)C#C[Si](C)(C)C1CCCC1. The van der Waals surface area contributed by atoms with E-state index in [1.54, 1.807) is 6.92 Å². The standard InChI is InChI=1S/C11H20OSi/c1-10(12)8-9-13(2,3)11-6-4-5-7-11/h10-12H,4-7H2,1-3H3. The summed E-state index contributed by atoms with van der Waals surface area (Å²) in [7, 11) is -1.35. The molecule has 1 aliphatic carbocycles. The van der Waals surface area contributed by atoms with Crippen molar-refractivity contribution in [3.05, 3.63) is 0 Å². The first-order valence-corrected chi connectivity index (χ1v) is 8.31. The number of aliphatic hydroxyl groups is 1. The molecule has 1 N–H and O–H groups in total. The van der Waals surface area contributed by atoms with Crippen LogP contribution in [0.4, 0.5) is 0 Å². The van der Waals surface area contributed by atoms with Crippen molar-refractivity contribution in [2.75, 3.05) is 0 Å². The van der Waals surface area contributed by atoms with Gasteiger partial charge in [-0.15, -0.1) is 5.54 Å². The summed E-state index contributed by atoms with van der Waals surface area (Å²) in [6, 6.07) is 0. The fourth-order valence-corrected chi connectivity index (χ4v) is 4.68. The van der Waals surface area contributed by atoms with Crippen LogP contribution in [0.25, 0.3) is 0 Å². The molecule has 0 bridgehead atoms. The number of hydrogen-bond donors (Lipinski definition) is 1. The molecule has 0 saturated heterocycles. The largest absolute Gasteiger partial charge is 0.381 e. The zero-order valence-electron chi connectivity index (χ0n) is 8.93. The lowest BCUT2D eigenvalue weighted by molar-refractivity contribution is 0.253. The molecule has 0 heterocycles. The molecule has 0 spiro atoms. The fraction of sp³-hybridized carbons (Fsp3) is 0.818. The van der Waals surface area contributed by atoms with Gasteiger partial charge in [-0.2, -0.15) is 0 Å². The van der Waals surface area contributed by atoms with Crippen LogP contribution in [0.15, 0.2) is 0 Å². The Morgan fingerprint density at radius 3 is 2.31 bits per heavy atom. The Labute approximate surface area is 82.6 Å². The van der Waals surface area contributed by atoms with Crippen molar-refractivity contribution in [3.8, 4) is 11.5 Å². The lowest BCUT2D eigenvalue weighted by Crippen LogP contribution is -2.29. The van der Waals surface area contributed by atoms with Crippen molar-refractivity contribution in [2.45, 2.75) is 57.3 Å². The molecule has 0 radical (unpaired) electrons. The summed E-state index contributed by atoms with van der Waals surface area (Å²) in [5.74, 6) is 2.93. The van der Waals surface area contributed by atoms with Gasteiger partial charge in [0.1, 0.15) is 14.2 Å². The van der Waals surface area contributed by atoms with Crippen molar-refractivity contribution in [3.63, 3.8) is 0 Å². The van der Waals surface area contributed by atoms with Crippen LogP contribution in [0.1, 0.15) is 32.6 Å². The summed E-state index contributed by atoms with van der Waals surface area (Å²) in [5.41, 5.74) is 4.21. The highest BCUT2D eigenvalue weighted by atomic mass is 28.3. The molecular formula is C11H20OSi. The molecule has 0 aromatic rings. The van der Waals surface area contributed by atoms with Crippen LogP contribution in [0.3, 0.4) is 0 Å². The molecule has 13 heavy (non-hydrogen) atoms. The van der Waals surface area contributed by atoms with E-state index >= 15 is 0 Å². The first-order chi connectivity index (χ1) is 6.02. The van der Waals surface area contributed by atoms with Crippen molar-refractivity contribution < 1.29 is 5.11 Å². The minimum Gasteiger partial charge on any atom is -0.381 e. The fourth-order valence-electron chi connectivity index (χ4n) is 2.04. The van der Waals surface area contributed by atoms with Gasteiger partial charge in [0.2, 0.25) is 0 Å². The first kappa shape index (κ1) is 10.8. The zero-order valence-corrected chi connectivity index (χ0v) is 9.93. The molecule has 1 atom stereocenters. The molecule has 1 nitrogen and oxygen atoms in total. The van der Waals surface area contributed by atoms with Crippen molar-refractivity contribution >= 4 is 8.07 Å². The van der Waals surface area contributed by atoms with E-state index in [1.807, 2.05) is 0 Å².